The zero-order chi connectivity index (χ0) is 21.6. The molecule has 0 aliphatic rings. The highest BCUT2D eigenvalue weighted by molar-refractivity contribution is 5.76. The highest BCUT2D eigenvalue weighted by Gasteiger charge is 2.17. The van der Waals surface area contributed by atoms with Crippen LogP contribution in [0.2, 0.25) is 0 Å². The van der Waals surface area contributed by atoms with Gasteiger partial charge in [-0.25, -0.2) is 0 Å². The smallest absolute Gasteiger partial charge is 0.220 e. The number of amides is 1. The minimum atomic E-state index is -0.833. The number of rotatable bonds is 20. The Balaban J connectivity index is 3.76. The van der Waals surface area contributed by atoms with Crippen LogP contribution in [0.15, 0.2) is 24.3 Å². The maximum absolute atomic E-state index is 12.1. The monoisotopic (exact) mass is 409 g/mol. The van der Waals surface area contributed by atoms with Gasteiger partial charge in [0.15, 0.2) is 0 Å². The van der Waals surface area contributed by atoms with Crippen LogP contribution < -0.4 is 5.32 Å². The Kier molecular flexibility index (Phi) is 20.7. The minimum absolute atomic E-state index is 0.0849. The topological polar surface area (TPSA) is 69.6 Å². The Morgan fingerprint density at radius 1 is 0.793 bits per heavy atom. The number of aliphatic hydroxyl groups excluding tert-OH is 2. The van der Waals surface area contributed by atoms with Crippen LogP contribution in [0.5, 0.6) is 0 Å². The summed E-state index contributed by atoms with van der Waals surface area (Å²) in [5.41, 5.74) is 0. The van der Waals surface area contributed by atoms with Crippen LogP contribution in [-0.2, 0) is 4.79 Å². The molecule has 0 saturated carbocycles. The van der Waals surface area contributed by atoms with Gasteiger partial charge in [-0.1, -0.05) is 89.5 Å². The molecule has 0 spiro atoms. The molecule has 4 heteroatoms. The first-order valence-electron chi connectivity index (χ1n) is 12.1. The van der Waals surface area contributed by atoms with Gasteiger partial charge in [0, 0.05) is 6.42 Å². The van der Waals surface area contributed by atoms with Gasteiger partial charge in [-0.3, -0.25) is 4.79 Å². The molecule has 0 aromatic carbocycles. The van der Waals surface area contributed by atoms with E-state index in [2.05, 4.69) is 31.3 Å². The molecule has 2 atom stereocenters. The van der Waals surface area contributed by atoms with E-state index in [1.165, 1.54) is 51.4 Å². The van der Waals surface area contributed by atoms with Crippen molar-refractivity contribution in [3.63, 3.8) is 0 Å². The molecule has 4 nitrogen and oxygen atoms in total. The molecule has 0 heterocycles. The van der Waals surface area contributed by atoms with Crippen molar-refractivity contribution in [1.29, 1.82) is 0 Å². The summed E-state index contributed by atoms with van der Waals surface area (Å²) in [7, 11) is 0. The van der Waals surface area contributed by atoms with Crippen molar-refractivity contribution in [2.45, 2.75) is 122 Å². The maximum Gasteiger partial charge on any atom is 0.220 e. The van der Waals surface area contributed by atoms with Crippen molar-refractivity contribution >= 4 is 5.91 Å². The zero-order valence-electron chi connectivity index (χ0n) is 19.1. The second-order valence-corrected chi connectivity index (χ2v) is 8.04. The highest BCUT2D eigenvalue weighted by Crippen LogP contribution is 2.09. The molecule has 3 N–H and O–H groups in total. The molecule has 0 bridgehead atoms. The summed E-state index contributed by atoms with van der Waals surface area (Å²) in [4.78, 5) is 12.1. The minimum Gasteiger partial charge on any atom is -0.394 e. The van der Waals surface area contributed by atoms with E-state index in [9.17, 15) is 15.0 Å². The molecule has 170 valence electrons. The number of nitrogens with one attached hydrogen (secondary N) is 1. The molecule has 0 saturated heterocycles. The summed E-state index contributed by atoms with van der Waals surface area (Å²) in [6.45, 7) is 4.15. The summed E-state index contributed by atoms with van der Waals surface area (Å²) in [6.07, 6.45) is 23.9. The van der Waals surface area contributed by atoms with E-state index < -0.39 is 12.1 Å². The van der Waals surface area contributed by atoms with E-state index in [4.69, 9.17) is 0 Å². The van der Waals surface area contributed by atoms with Gasteiger partial charge >= 0.3 is 0 Å². The van der Waals surface area contributed by atoms with Crippen LogP contribution in [0.25, 0.3) is 0 Å². The third-order valence-corrected chi connectivity index (χ3v) is 5.18. The Morgan fingerprint density at radius 3 is 2.00 bits per heavy atom. The number of unbranched alkanes of at least 4 members (excludes halogenated alkanes) is 11. The van der Waals surface area contributed by atoms with Crippen molar-refractivity contribution in [2.75, 3.05) is 6.61 Å². The second-order valence-electron chi connectivity index (χ2n) is 8.04. The van der Waals surface area contributed by atoms with E-state index in [1.54, 1.807) is 6.08 Å². The fourth-order valence-electron chi connectivity index (χ4n) is 3.21. The Morgan fingerprint density at radius 2 is 1.34 bits per heavy atom. The number of allylic oxidation sites excluding steroid dienone is 3. The molecule has 0 aliphatic carbocycles. The van der Waals surface area contributed by atoms with Crippen molar-refractivity contribution in [1.82, 2.24) is 5.32 Å². The van der Waals surface area contributed by atoms with Gasteiger partial charge in [-0.15, -0.1) is 0 Å². The average Bonchev–Trinajstić information content (AvgIpc) is 2.72. The third kappa shape index (κ3) is 18.6. The Labute approximate surface area is 179 Å². The van der Waals surface area contributed by atoms with Crippen LogP contribution >= 0.6 is 0 Å². The molecule has 0 fully saturated rings. The van der Waals surface area contributed by atoms with Crippen molar-refractivity contribution in [3.05, 3.63) is 24.3 Å². The number of hydrogen-bond donors (Lipinski definition) is 3. The number of hydrogen-bond acceptors (Lipinski definition) is 3. The summed E-state index contributed by atoms with van der Waals surface area (Å²) in [5, 5.41) is 22.4. The second kappa shape index (κ2) is 21.6. The van der Waals surface area contributed by atoms with Gasteiger partial charge in [-0.2, -0.15) is 0 Å². The lowest BCUT2D eigenvalue weighted by Crippen LogP contribution is -2.45. The van der Waals surface area contributed by atoms with Gasteiger partial charge in [0.2, 0.25) is 5.91 Å². The average molecular weight is 410 g/mol. The lowest BCUT2D eigenvalue weighted by Gasteiger charge is -2.20. The van der Waals surface area contributed by atoms with E-state index in [1.807, 2.05) is 6.08 Å². The van der Waals surface area contributed by atoms with Crippen LogP contribution in [0.3, 0.4) is 0 Å². The molecule has 29 heavy (non-hydrogen) atoms. The normalized spacial score (nSPS) is 13.9. The van der Waals surface area contributed by atoms with Crippen LogP contribution in [0, 0.1) is 0 Å². The number of carbonyl (C=O) groups excluding carboxylic acids is 1. The molecule has 0 aromatic heterocycles. The van der Waals surface area contributed by atoms with Gasteiger partial charge in [0.05, 0.1) is 18.8 Å². The van der Waals surface area contributed by atoms with Gasteiger partial charge in [0.1, 0.15) is 0 Å². The molecule has 0 rings (SSSR count). The third-order valence-electron chi connectivity index (χ3n) is 5.18. The van der Waals surface area contributed by atoms with Crippen molar-refractivity contribution in [3.8, 4) is 0 Å². The number of aliphatic hydroxyl groups is 2. The molecule has 2 unspecified atom stereocenters. The maximum atomic E-state index is 12.1. The van der Waals surface area contributed by atoms with Crippen LogP contribution in [0.1, 0.15) is 110 Å². The molecule has 0 radical (unpaired) electrons. The van der Waals surface area contributed by atoms with Gasteiger partial charge in [0.25, 0.3) is 0 Å². The van der Waals surface area contributed by atoms with E-state index in [0.717, 1.165) is 38.5 Å². The molecule has 0 aliphatic heterocycles. The summed E-state index contributed by atoms with van der Waals surface area (Å²) < 4.78 is 0. The fourth-order valence-corrected chi connectivity index (χ4v) is 3.21. The molecule has 1 amide bonds. The fraction of sp³-hybridized carbons (Fsp3) is 0.800. The summed E-state index contributed by atoms with van der Waals surface area (Å²) in [5.74, 6) is -0.0849. The number of carbonyl (C=O) groups is 1. The molecular formula is C25H47NO3. The van der Waals surface area contributed by atoms with E-state index in [-0.39, 0.29) is 12.5 Å². The van der Waals surface area contributed by atoms with Crippen LogP contribution in [-0.4, -0.2) is 34.9 Å². The predicted octanol–water partition coefficient (Wildman–Crippen LogP) is 5.83. The van der Waals surface area contributed by atoms with E-state index >= 15 is 0 Å². The van der Waals surface area contributed by atoms with Crippen molar-refractivity contribution in [2.24, 2.45) is 0 Å². The summed E-state index contributed by atoms with van der Waals surface area (Å²) >= 11 is 0. The largest absolute Gasteiger partial charge is 0.394 e. The van der Waals surface area contributed by atoms with E-state index in [0.29, 0.717) is 6.42 Å². The Bertz CT molecular complexity index is 420. The van der Waals surface area contributed by atoms with Crippen molar-refractivity contribution < 1.29 is 15.0 Å². The predicted molar refractivity (Wildman–Crippen MR) is 124 cm³/mol. The Hall–Kier alpha value is -1.13. The lowest BCUT2D eigenvalue weighted by molar-refractivity contribution is -0.123. The standard InChI is InChI=1S/C25H47NO3/c1-3-5-7-9-11-12-13-14-15-17-19-21-25(29)26-23(22-27)24(28)20-18-16-10-8-6-4-2/h9,11,18,20,23-24,27-28H,3-8,10,12-17,19,21-22H2,1-2H3,(H,26,29)/b11-9-,20-18+. The van der Waals surface area contributed by atoms with Gasteiger partial charge < -0.3 is 15.5 Å². The molecular weight excluding hydrogens is 362 g/mol. The van der Waals surface area contributed by atoms with Crippen LogP contribution in [0.4, 0.5) is 0 Å². The quantitative estimate of drug-likeness (QED) is 0.175. The first kappa shape index (κ1) is 27.9. The SMILES string of the molecule is CCCC/C=C\CCCCCCCC(=O)NC(CO)C(O)/C=C/CCCCCC. The first-order valence-corrected chi connectivity index (χ1v) is 12.1. The van der Waals surface area contributed by atoms with Gasteiger partial charge in [-0.05, 0) is 38.5 Å². The zero-order valence-corrected chi connectivity index (χ0v) is 19.1. The lowest BCUT2D eigenvalue weighted by atomic mass is 10.1. The summed E-state index contributed by atoms with van der Waals surface area (Å²) in [6, 6.07) is -0.617. The molecule has 0 aromatic rings. The first-order chi connectivity index (χ1) is 14.2. The highest BCUT2D eigenvalue weighted by atomic mass is 16.3.